The number of likely N-dealkylation sites (N-methyl/N-ethyl adjacent to an activating group) is 1. The molecule has 0 spiro atoms. The molecular weight excluding hydrogens is 504 g/mol. The van der Waals surface area contributed by atoms with Gasteiger partial charge in [-0.15, -0.1) is 0 Å². The summed E-state index contributed by atoms with van der Waals surface area (Å²) < 4.78 is 6.96. The van der Waals surface area contributed by atoms with Crippen LogP contribution in [0.1, 0.15) is 43.4 Å². The Hall–Kier alpha value is -3.12. The molecule has 184 valence electrons. The van der Waals surface area contributed by atoms with E-state index >= 15 is 0 Å². The standard InChI is InChI=1S/C29H33BrN2O3/c1-4-31-29(34)26(18-22-10-6-5-7-11-22)32(19-23-14-16-24(30)17-15-23)28(33)20-35-27-13-9-8-12-25(27)21(2)3/h5-17,21,26H,4,18-20H2,1-3H3,(H,31,34). The zero-order chi connectivity index (χ0) is 25.2. The molecule has 0 aliphatic carbocycles. The third kappa shape index (κ3) is 7.69. The van der Waals surface area contributed by atoms with Crippen molar-refractivity contribution < 1.29 is 14.3 Å². The Labute approximate surface area is 216 Å². The maximum atomic E-state index is 13.6. The molecule has 2 amide bonds. The first-order valence-electron chi connectivity index (χ1n) is 12.0. The van der Waals surface area contributed by atoms with Crippen LogP contribution < -0.4 is 10.1 Å². The minimum Gasteiger partial charge on any atom is -0.483 e. The second-order valence-corrected chi connectivity index (χ2v) is 9.65. The van der Waals surface area contributed by atoms with E-state index in [4.69, 9.17) is 4.74 Å². The number of hydrogen-bond donors (Lipinski definition) is 1. The van der Waals surface area contributed by atoms with Crippen LogP contribution in [0.25, 0.3) is 0 Å². The van der Waals surface area contributed by atoms with Crippen molar-refractivity contribution in [2.45, 2.75) is 45.7 Å². The van der Waals surface area contributed by atoms with Gasteiger partial charge in [0, 0.05) is 24.0 Å². The summed E-state index contributed by atoms with van der Waals surface area (Å²) in [7, 11) is 0. The van der Waals surface area contributed by atoms with E-state index in [1.54, 1.807) is 4.90 Å². The highest BCUT2D eigenvalue weighted by Crippen LogP contribution is 2.26. The first kappa shape index (κ1) is 26.5. The highest BCUT2D eigenvalue weighted by atomic mass is 79.9. The summed E-state index contributed by atoms with van der Waals surface area (Å²) in [6, 6.07) is 24.6. The van der Waals surface area contributed by atoms with Crippen LogP contribution in [0.2, 0.25) is 0 Å². The maximum absolute atomic E-state index is 13.6. The minimum atomic E-state index is -0.669. The van der Waals surface area contributed by atoms with Gasteiger partial charge in [0.15, 0.2) is 6.61 Å². The number of nitrogens with one attached hydrogen (secondary N) is 1. The summed E-state index contributed by atoms with van der Waals surface area (Å²) in [4.78, 5) is 28.5. The zero-order valence-corrected chi connectivity index (χ0v) is 22.1. The number of benzene rings is 3. The van der Waals surface area contributed by atoms with Crippen molar-refractivity contribution in [3.63, 3.8) is 0 Å². The predicted octanol–water partition coefficient (Wildman–Crippen LogP) is 5.73. The largest absolute Gasteiger partial charge is 0.483 e. The van der Waals surface area contributed by atoms with Gasteiger partial charge in [-0.25, -0.2) is 0 Å². The van der Waals surface area contributed by atoms with Crippen molar-refractivity contribution >= 4 is 27.7 Å². The van der Waals surface area contributed by atoms with Gasteiger partial charge in [0.25, 0.3) is 5.91 Å². The molecule has 3 aromatic rings. The monoisotopic (exact) mass is 536 g/mol. The van der Waals surface area contributed by atoms with Gasteiger partial charge in [-0.2, -0.15) is 0 Å². The van der Waals surface area contributed by atoms with Crippen LogP contribution in [-0.2, 0) is 22.6 Å². The number of amides is 2. The van der Waals surface area contributed by atoms with Crippen LogP contribution in [-0.4, -0.2) is 35.9 Å². The number of para-hydroxylation sites is 1. The fourth-order valence-corrected chi connectivity index (χ4v) is 4.21. The molecule has 0 aliphatic rings. The van der Waals surface area contributed by atoms with Crippen LogP contribution in [0.4, 0.5) is 0 Å². The first-order valence-corrected chi connectivity index (χ1v) is 12.8. The van der Waals surface area contributed by atoms with Gasteiger partial charge < -0.3 is 15.0 Å². The molecule has 0 aromatic heterocycles. The molecule has 1 atom stereocenters. The Morgan fingerprint density at radius 3 is 2.23 bits per heavy atom. The SMILES string of the molecule is CCNC(=O)C(Cc1ccccc1)N(Cc1ccc(Br)cc1)C(=O)COc1ccccc1C(C)C. The fraction of sp³-hybridized carbons (Fsp3) is 0.310. The molecule has 0 fully saturated rings. The summed E-state index contributed by atoms with van der Waals surface area (Å²) >= 11 is 3.46. The van der Waals surface area contributed by atoms with Gasteiger partial charge in [-0.3, -0.25) is 9.59 Å². The zero-order valence-electron chi connectivity index (χ0n) is 20.5. The molecule has 0 aliphatic heterocycles. The van der Waals surface area contributed by atoms with Gasteiger partial charge in [0.05, 0.1) is 0 Å². The Balaban J connectivity index is 1.90. The summed E-state index contributed by atoms with van der Waals surface area (Å²) in [5.41, 5.74) is 2.97. The molecule has 0 saturated heterocycles. The number of rotatable bonds is 11. The number of ether oxygens (including phenoxy) is 1. The summed E-state index contributed by atoms with van der Waals surface area (Å²) in [5, 5.41) is 2.91. The Morgan fingerprint density at radius 1 is 0.914 bits per heavy atom. The number of carbonyl (C=O) groups excluding carboxylic acids is 2. The van der Waals surface area contributed by atoms with Gasteiger partial charge in [-0.1, -0.05) is 90.4 Å². The third-order valence-electron chi connectivity index (χ3n) is 5.78. The highest BCUT2D eigenvalue weighted by molar-refractivity contribution is 9.10. The van der Waals surface area contributed by atoms with E-state index in [1.165, 1.54) is 0 Å². The molecule has 0 radical (unpaired) electrons. The number of carbonyl (C=O) groups is 2. The quantitative estimate of drug-likeness (QED) is 0.340. The third-order valence-corrected chi connectivity index (χ3v) is 6.31. The highest BCUT2D eigenvalue weighted by Gasteiger charge is 2.30. The van der Waals surface area contributed by atoms with E-state index in [0.717, 1.165) is 21.2 Å². The van der Waals surface area contributed by atoms with Crippen molar-refractivity contribution in [2.24, 2.45) is 0 Å². The van der Waals surface area contributed by atoms with Crippen LogP contribution in [0, 0.1) is 0 Å². The molecule has 1 N–H and O–H groups in total. The lowest BCUT2D eigenvalue weighted by atomic mass is 10.0. The van der Waals surface area contributed by atoms with Gasteiger partial charge in [0.2, 0.25) is 5.91 Å². The Morgan fingerprint density at radius 2 is 1.57 bits per heavy atom. The smallest absolute Gasteiger partial charge is 0.261 e. The van der Waals surface area contributed by atoms with E-state index in [2.05, 4.69) is 35.1 Å². The van der Waals surface area contributed by atoms with Gasteiger partial charge in [0.1, 0.15) is 11.8 Å². The average Bonchev–Trinajstić information content (AvgIpc) is 2.86. The topological polar surface area (TPSA) is 58.6 Å². The number of hydrogen-bond acceptors (Lipinski definition) is 3. The van der Waals surface area contributed by atoms with Crippen molar-refractivity contribution in [2.75, 3.05) is 13.2 Å². The van der Waals surface area contributed by atoms with Crippen LogP contribution in [0.15, 0.2) is 83.3 Å². The normalized spacial score (nSPS) is 11.7. The molecule has 0 saturated carbocycles. The van der Waals surface area contributed by atoms with E-state index in [9.17, 15) is 9.59 Å². The van der Waals surface area contributed by atoms with E-state index in [1.807, 2.05) is 85.8 Å². The lowest BCUT2D eigenvalue weighted by Gasteiger charge is -2.31. The molecule has 1 unspecified atom stereocenters. The molecule has 6 heteroatoms. The van der Waals surface area contributed by atoms with Gasteiger partial charge >= 0.3 is 0 Å². The van der Waals surface area contributed by atoms with Crippen molar-refractivity contribution in [1.82, 2.24) is 10.2 Å². The van der Waals surface area contributed by atoms with Crippen LogP contribution >= 0.6 is 15.9 Å². The van der Waals surface area contributed by atoms with E-state index < -0.39 is 6.04 Å². The second kappa shape index (κ2) is 13.1. The molecule has 3 rings (SSSR count). The van der Waals surface area contributed by atoms with E-state index in [-0.39, 0.29) is 24.3 Å². The van der Waals surface area contributed by atoms with E-state index in [0.29, 0.717) is 25.3 Å². The maximum Gasteiger partial charge on any atom is 0.261 e. The predicted molar refractivity (Wildman–Crippen MR) is 143 cm³/mol. The van der Waals surface area contributed by atoms with Gasteiger partial charge in [-0.05, 0) is 47.7 Å². The van der Waals surface area contributed by atoms with Crippen molar-refractivity contribution in [1.29, 1.82) is 0 Å². The number of halogens is 1. The Kier molecular flexibility index (Phi) is 9.91. The van der Waals surface area contributed by atoms with Crippen molar-refractivity contribution in [3.8, 4) is 5.75 Å². The lowest BCUT2D eigenvalue weighted by molar-refractivity contribution is -0.142. The molecule has 3 aromatic carbocycles. The number of nitrogens with zero attached hydrogens (tertiary/aromatic N) is 1. The fourth-order valence-electron chi connectivity index (χ4n) is 3.94. The average molecular weight is 537 g/mol. The first-order chi connectivity index (χ1) is 16.9. The molecule has 0 heterocycles. The summed E-state index contributed by atoms with van der Waals surface area (Å²) in [6.45, 7) is 6.71. The molecule has 0 bridgehead atoms. The van der Waals surface area contributed by atoms with Crippen LogP contribution in [0.5, 0.6) is 5.75 Å². The lowest BCUT2D eigenvalue weighted by Crippen LogP contribution is -2.51. The minimum absolute atomic E-state index is 0.148. The molecular formula is C29H33BrN2O3. The summed E-state index contributed by atoms with van der Waals surface area (Å²) in [5.74, 6) is 0.543. The van der Waals surface area contributed by atoms with Crippen molar-refractivity contribution in [3.05, 3.63) is 100 Å². The second-order valence-electron chi connectivity index (χ2n) is 8.73. The molecule has 35 heavy (non-hydrogen) atoms. The van der Waals surface area contributed by atoms with Crippen LogP contribution in [0.3, 0.4) is 0 Å². The molecule has 5 nitrogen and oxygen atoms in total. The Bertz CT molecular complexity index is 1100. The summed E-state index contributed by atoms with van der Waals surface area (Å²) in [6.07, 6.45) is 0.414.